The highest BCUT2D eigenvalue weighted by Crippen LogP contribution is 2.23. The van der Waals surface area contributed by atoms with Gasteiger partial charge in [-0.2, -0.15) is 0 Å². The zero-order valence-corrected chi connectivity index (χ0v) is 35.4. The van der Waals surface area contributed by atoms with Gasteiger partial charge in [-0.25, -0.2) is 9.59 Å². The van der Waals surface area contributed by atoms with Gasteiger partial charge in [0.05, 0.1) is 35.7 Å². The van der Waals surface area contributed by atoms with E-state index in [0.717, 1.165) is 60.1 Å². The van der Waals surface area contributed by atoms with Gasteiger partial charge in [0.25, 0.3) is 0 Å². The summed E-state index contributed by atoms with van der Waals surface area (Å²) in [4.78, 5) is 35.0. The van der Waals surface area contributed by atoms with E-state index in [1.165, 1.54) is 83.1 Å². The lowest BCUT2D eigenvalue weighted by atomic mass is 10.1. The van der Waals surface area contributed by atoms with Crippen molar-refractivity contribution in [2.45, 2.75) is 104 Å². The van der Waals surface area contributed by atoms with Crippen LogP contribution in [0.1, 0.15) is 136 Å². The average molecular weight is 809 g/mol. The summed E-state index contributed by atoms with van der Waals surface area (Å²) >= 11 is 0. The summed E-state index contributed by atoms with van der Waals surface area (Å²) in [5, 5.41) is 0. The van der Waals surface area contributed by atoms with Crippen molar-refractivity contribution in [3.05, 3.63) is 144 Å². The number of aliphatic imine (C=N–C) groups is 2. The van der Waals surface area contributed by atoms with Crippen LogP contribution in [0.3, 0.4) is 0 Å². The minimum atomic E-state index is -0.534. The Balaban J connectivity index is 1.01. The second kappa shape index (κ2) is 26.2. The van der Waals surface area contributed by atoms with Gasteiger partial charge >= 0.3 is 11.9 Å². The van der Waals surface area contributed by atoms with Crippen LogP contribution in [-0.4, -0.2) is 37.6 Å². The second-order valence-corrected chi connectivity index (χ2v) is 14.9. The number of ether oxygens (including phenoxy) is 4. The predicted molar refractivity (Wildman–Crippen MR) is 244 cm³/mol. The average Bonchev–Trinajstić information content (AvgIpc) is 3.28. The van der Waals surface area contributed by atoms with Gasteiger partial charge < -0.3 is 18.9 Å². The van der Waals surface area contributed by atoms with Crippen molar-refractivity contribution in [2.24, 2.45) is 9.98 Å². The molecule has 0 fully saturated rings. The van der Waals surface area contributed by atoms with Crippen LogP contribution in [0, 0.1) is 0 Å². The van der Waals surface area contributed by atoms with E-state index in [-0.39, 0.29) is 11.5 Å². The Morgan fingerprint density at radius 1 is 0.433 bits per heavy atom. The second-order valence-electron chi connectivity index (χ2n) is 14.9. The van der Waals surface area contributed by atoms with Gasteiger partial charge in [-0.15, -0.1) is 0 Å². The maximum absolute atomic E-state index is 13.0. The summed E-state index contributed by atoms with van der Waals surface area (Å²) < 4.78 is 23.0. The van der Waals surface area contributed by atoms with E-state index in [1.54, 1.807) is 67.0 Å². The number of nitrogens with zero attached hydrogens (tertiary/aromatic N) is 2. The highest BCUT2D eigenvalue weighted by atomic mass is 16.5. The molecule has 0 spiro atoms. The summed E-state index contributed by atoms with van der Waals surface area (Å²) in [7, 11) is 0. The molecule has 0 aliphatic carbocycles. The van der Waals surface area contributed by atoms with Gasteiger partial charge in [-0.3, -0.25) is 9.98 Å². The molecule has 314 valence electrons. The van der Waals surface area contributed by atoms with Crippen LogP contribution in [0.4, 0.5) is 11.4 Å². The monoisotopic (exact) mass is 808 g/mol. The molecule has 0 aliphatic heterocycles. The highest BCUT2D eigenvalue weighted by molar-refractivity contribution is 5.93. The van der Waals surface area contributed by atoms with Crippen molar-refractivity contribution < 1.29 is 28.5 Å². The molecule has 0 N–H and O–H groups in total. The number of hydrogen-bond acceptors (Lipinski definition) is 8. The standard InChI is InChI=1S/C52H60N2O6/c1-3-5-7-9-10-11-12-14-16-37-58-48-34-30-46(31-35-48)54-40-42-22-26-44(27-23-42)52(56)60-50-19-17-18-49(38-50)59-51(55)43-24-20-41(21-25-43)39-53-45-28-32-47(33-29-45)57-36-15-13-8-6-4-2/h17-35,38-40H,3-16,36-37H2,1-2H3. The zero-order valence-electron chi connectivity index (χ0n) is 35.4. The Hall–Kier alpha value is -6.02. The summed E-state index contributed by atoms with van der Waals surface area (Å²) in [6.45, 7) is 5.92. The molecule has 0 unspecified atom stereocenters. The van der Waals surface area contributed by atoms with Crippen LogP contribution in [0.15, 0.2) is 131 Å². The van der Waals surface area contributed by atoms with Gasteiger partial charge in [-0.05, 0) is 109 Å². The van der Waals surface area contributed by atoms with Crippen LogP contribution >= 0.6 is 0 Å². The first-order chi connectivity index (χ1) is 29.5. The maximum atomic E-state index is 13.0. The van der Waals surface area contributed by atoms with E-state index in [4.69, 9.17) is 18.9 Å². The third-order valence-electron chi connectivity index (χ3n) is 9.95. The Bertz CT molecular complexity index is 2060. The number of esters is 2. The van der Waals surface area contributed by atoms with Crippen LogP contribution in [0.2, 0.25) is 0 Å². The maximum Gasteiger partial charge on any atom is 0.343 e. The molecule has 0 saturated carbocycles. The minimum absolute atomic E-state index is 0.254. The Morgan fingerprint density at radius 3 is 1.18 bits per heavy atom. The highest BCUT2D eigenvalue weighted by Gasteiger charge is 2.12. The number of carbonyl (C=O) groups excluding carboxylic acids is 2. The first-order valence-corrected chi connectivity index (χ1v) is 21.8. The molecular weight excluding hydrogens is 749 g/mol. The molecule has 8 heteroatoms. The van der Waals surface area contributed by atoms with Gasteiger partial charge in [0.15, 0.2) is 0 Å². The van der Waals surface area contributed by atoms with E-state index in [9.17, 15) is 9.59 Å². The molecule has 5 rings (SSSR count). The van der Waals surface area contributed by atoms with Gasteiger partial charge in [0, 0.05) is 18.5 Å². The fourth-order valence-corrected chi connectivity index (χ4v) is 6.40. The molecule has 0 atom stereocenters. The summed E-state index contributed by atoms with van der Waals surface area (Å²) in [6.07, 6.45) is 21.1. The van der Waals surface area contributed by atoms with E-state index in [2.05, 4.69) is 23.8 Å². The molecule has 0 aliphatic rings. The third kappa shape index (κ3) is 16.7. The van der Waals surface area contributed by atoms with Crippen molar-refractivity contribution in [2.75, 3.05) is 13.2 Å². The summed E-state index contributed by atoms with van der Waals surface area (Å²) in [5.74, 6) is 1.13. The van der Waals surface area contributed by atoms with Crippen LogP contribution in [-0.2, 0) is 0 Å². The first kappa shape index (κ1) is 45.1. The van der Waals surface area contributed by atoms with Crippen molar-refractivity contribution in [3.8, 4) is 23.0 Å². The third-order valence-corrected chi connectivity index (χ3v) is 9.95. The zero-order chi connectivity index (χ0) is 42.0. The Morgan fingerprint density at radius 2 is 0.800 bits per heavy atom. The minimum Gasteiger partial charge on any atom is -0.494 e. The lowest BCUT2D eigenvalue weighted by Crippen LogP contribution is -2.10. The fourth-order valence-electron chi connectivity index (χ4n) is 6.40. The molecule has 5 aromatic rings. The van der Waals surface area contributed by atoms with Crippen LogP contribution in [0.25, 0.3) is 0 Å². The smallest absolute Gasteiger partial charge is 0.343 e. The quantitative estimate of drug-likeness (QED) is 0.0239. The number of carbonyl (C=O) groups is 2. The van der Waals surface area contributed by atoms with Crippen LogP contribution in [0.5, 0.6) is 23.0 Å². The van der Waals surface area contributed by atoms with Crippen molar-refractivity contribution in [1.29, 1.82) is 0 Å². The van der Waals surface area contributed by atoms with Crippen LogP contribution < -0.4 is 18.9 Å². The van der Waals surface area contributed by atoms with Gasteiger partial charge in [-0.1, -0.05) is 121 Å². The molecule has 0 saturated heterocycles. The lowest BCUT2D eigenvalue weighted by Gasteiger charge is -2.08. The molecule has 5 aromatic carbocycles. The molecule has 60 heavy (non-hydrogen) atoms. The van der Waals surface area contributed by atoms with Gasteiger partial charge in [0.2, 0.25) is 0 Å². The van der Waals surface area contributed by atoms with E-state index in [1.807, 2.05) is 60.7 Å². The lowest BCUT2D eigenvalue weighted by molar-refractivity contribution is 0.0732. The molecule has 0 radical (unpaired) electrons. The van der Waals surface area contributed by atoms with Crippen molar-refractivity contribution >= 4 is 35.7 Å². The van der Waals surface area contributed by atoms with E-state index in [0.29, 0.717) is 11.1 Å². The summed E-state index contributed by atoms with van der Waals surface area (Å²) in [6, 6.07) is 35.8. The number of unbranched alkanes of at least 4 members (excludes halogenated alkanes) is 12. The Kier molecular flexibility index (Phi) is 19.6. The van der Waals surface area contributed by atoms with E-state index >= 15 is 0 Å². The molecular formula is C52H60N2O6. The topological polar surface area (TPSA) is 95.8 Å². The van der Waals surface area contributed by atoms with E-state index < -0.39 is 11.9 Å². The molecule has 0 amide bonds. The summed E-state index contributed by atoms with van der Waals surface area (Å²) in [5.41, 5.74) is 4.04. The van der Waals surface area contributed by atoms with Crippen molar-refractivity contribution in [3.63, 3.8) is 0 Å². The number of hydrogen-bond donors (Lipinski definition) is 0. The predicted octanol–water partition coefficient (Wildman–Crippen LogP) is 13.9. The Labute approximate surface area is 356 Å². The number of benzene rings is 5. The molecule has 0 bridgehead atoms. The molecule has 0 aromatic heterocycles. The molecule has 0 heterocycles. The number of rotatable bonds is 26. The van der Waals surface area contributed by atoms with Crippen molar-refractivity contribution in [1.82, 2.24) is 0 Å². The fraction of sp³-hybridized carbons (Fsp3) is 0.346. The largest absolute Gasteiger partial charge is 0.494 e. The SMILES string of the molecule is CCCCCCCCCCCOc1ccc(N=Cc2ccc(C(=O)Oc3cccc(OC(=O)c4ccc(C=Nc5ccc(OCCCCCCC)cc5)cc4)c3)cc2)cc1. The molecule has 8 nitrogen and oxygen atoms in total. The first-order valence-electron chi connectivity index (χ1n) is 21.8. The normalized spacial score (nSPS) is 11.2. The van der Waals surface area contributed by atoms with Gasteiger partial charge in [0.1, 0.15) is 23.0 Å².